The van der Waals surface area contributed by atoms with E-state index >= 15 is 0 Å². The molecule has 1 unspecified atom stereocenters. The van der Waals surface area contributed by atoms with E-state index in [-0.39, 0.29) is 0 Å². The van der Waals surface area contributed by atoms with Gasteiger partial charge in [-0.2, -0.15) is 0 Å². The number of aliphatic carboxylic acids is 1. The summed E-state index contributed by atoms with van der Waals surface area (Å²) in [6.07, 6.45) is 1.64. The summed E-state index contributed by atoms with van der Waals surface area (Å²) in [5, 5.41) is 8.79. The Kier molecular flexibility index (Phi) is 3.46. The monoisotopic (exact) mass is 258 g/mol. The van der Waals surface area contributed by atoms with E-state index in [1.807, 2.05) is 6.07 Å². The van der Waals surface area contributed by atoms with E-state index in [4.69, 9.17) is 5.11 Å². The normalized spacial score (nSPS) is 12.2. The number of hydrogen-bond donors (Lipinski definition) is 1. The first-order valence-electron chi connectivity index (χ1n) is 4.09. The van der Waals surface area contributed by atoms with Crippen LogP contribution in [0.3, 0.4) is 0 Å². The van der Waals surface area contributed by atoms with Crippen molar-refractivity contribution in [3.63, 3.8) is 0 Å². The molecule has 0 spiro atoms. The molecule has 0 aliphatic heterocycles. The number of likely N-dealkylation sites (N-methyl/N-ethyl adjacent to an activating group) is 1. The lowest BCUT2D eigenvalue weighted by Gasteiger charge is -2.22. The molecule has 5 heteroatoms. The number of anilines is 1. The Morgan fingerprint density at radius 1 is 1.64 bits per heavy atom. The summed E-state index contributed by atoms with van der Waals surface area (Å²) in [5.74, 6) is -0.222. The quantitative estimate of drug-likeness (QED) is 0.898. The van der Waals surface area contributed by atoms with E-state index in [9.17, 15) is 4.79 Å². The molecule has 1 N–H and O–H groups in total. The largest absolute Gasteiger partial charge is 0.480 e. The van der Waals surface area contributed by atoms with Crippen molar-refractivity contribution in [2.75, 3.05) is 11.9 Å². The van der Waals surface area contributed by atoms with Gasteiger partial charge < -0.3 is 10.0 Å². The van der Waals surface area contributed by atoms with Gasteiger partial charge >= 0.3 is 5.97 Å². The average Bonchev–Trinajstić information content (AvgIpc) is 2.16. The molecule has 1 heterocycles. The summed E-state index contributed by atoms with van der Waals surface area (Å²) < 4.78 is 0.873. The van der Waals surface area contributed by atoms with Gasteiger partial charge in [0, 0.05) is 17.7 Å². The van der Waals surface area contributed by atoms with Crippen LogP contribution in [0.4, 0.5) is 5.82 Å². The number of carboxylic acids is 1. The van der Waals surface area contributed by atoms with Gasteiger partial charge in [-0.25, -0.2) is 9.78 Å². The zero-order chi connectivity index (χ0) is 10.7. The molecule has 0 saturated heterocycles. The first kappa shape index (κ1) is 11.0. The smallest absolute Gasteiger partial charge is 0.326 e. The molecule has 0 bridgehead atoms. The second kappa shape index (κ2) is 4.41. The standard InChI is InChI=1S/C9H11BrN2O2/c1-6(9(13)14)12(2)8-4-3-7(10)5-11-8/h3-6H,1-2H3,(H,13,14). The number of carbonyl (C=O) groups is 1. The Bertz CT molecular complexity index is 326. The molecule has 0 aromatic carbocycles. The third kappa shape index (κ3) is 2.45. The SMILES string of the molecule is CC(C(=O)O)N(C)c1ccc(Br)cn1. The zero-order valence-corrected chi connectivity index (χ0v) is 9.52. The highest BCUT2D eigenvalue weighted by Gasteiger charge is 2.17. The van der Waals surface area contributed by atoms with Crippen molar-refractivity contribution in [2.45, 2.75) is 13.0 Å². The topological polar surface area (TPSA) is 53.4 Å². The zero-order valence-electron chi connectivity index (χ0n) is 7.94. The molecular formula is C9H11BrN2O2. The maximum absolute atomic E-state index is 10.7. The van der Waals surface area contributed by atoms with Gasteiger partial charge in [-0.15, -0.1) is 0 Å². The number of pyridine rings is 1. The highest BCUT2D eigenvalue weighted by Crippen LogP contribution is 2.15. The second-order valence-electron chi connectivity index (χ2n) is 2.96. The van der Waals surface area contributed by atoms with Gasteiger partial charge in [-0.05, 0) is 35.0 Å². The summed E-state index contributed by atoms with van der Waals surface area (Å²) in [4.78, 5) is 16.4. The Morgan fingerprint density at radius 2 is 2.29 bits per heavy atom. The van der Waals surface area contributed by atoms with Gasteiger partial charge in [0.15, 0.2) is 0 Å². The van der Waals surface area contributed by atoms with E-state index < -0.39 is 12.0 Å². The summed E-state index contributed by atoms with van der Waals surface area (Å²) in [5.41, 5.74) is 0. The minimum absolute atomic E-state index is 0.580. The molecule has 4 nitrogen and oxygen atoms in total. The molecule has 76 valence electrons. The number of nitrogens with zero attached hydrogens (tertiary/aromatic N) is 2. The maximum Gasteiger partial charge on any atom is 0.326 e. The molecule has 0 saturated carbocycles. The fraction of sp³-hybridized carbons (Fsp3) is 0.333. The van der Waals surface area contributed by atoms with Crippen molar-refractivity contribution in [2.24, 2.45) is 0 Å². The van der Waals surface area contributed by atoms with Crippen LogP contribution in [0, 0.1) is 0 Å². The molecule has 14 heavy (non-hydrogen) atoms. The van der Waals surface area contributed by atoms with Gasteiger partial charge in [0.05, 0.1) is 0 Å². The lowest BCUT2D eigenvalue weighted by molar-refractivity contribution is -0.138. The van der Waals surface area contributed by atoms with E-state index in [1.165, 1.54) is 0 Å². The van der Waals surface area contributed by atoms with Crippen molar-refractivity contribution in [3.8, 4) is 0 Å². The van der Waals surface area contributed by atoms with Crippen molar-refractivity contribution in [3.05, 3.63) is 22.8 Å². The van der Waals surface area contributed by atoms with Crippen molar-refractivity contribution in [1.82, 2.24) is 4.98 Å². The van der Waals surface area contributed by atoms with Crippen LogP contribution in [-0.4, -0.2) is 29.1 Å². The first-order valence-corrected chi connectivity index (χ1v) is 4.89. The number of halogens is 1. The van der Waals surface area contributed by atoms with E-state index in [1.54, 1.807) is 31.1 Å². The average molecular weight is 259 g/mol. The van der Waals surface area contributed by atoms with Gasteiger partial charge in [0.1, 0.15) is 11.9 Å². The van der Waals surface area contributed by atoms with E-state index in [0.717, 1.165) is 4.47 Å². The summed E-state index contributed by atoms with van der Waals surface area (Å²) in [6.45, 7) is 1.62. The Labute approximate surface area is 90.7 Å². The van der Waals surface area contributed by atoms with Crippen LogP contribution < -0.4 is 4.90 Å². The fourth-order valence-electron chi connectivity index (χ4n) is 0.941. The van der Waals surface area contributed by atoms with Crippen molar-refractivity contribution < 1.29 is 9.90 Å². The number of aromatic nitrogens is 1. The van der Waals surface area contributed by atoms with Crippen LogP contribution in [-0.2, 0) is 4.79 Å². The molecule has 0 aliphatic rings. The van der Waals surface area contributed by atoms with Gasteiger partial charge in [-0.3, -0.25) is 0 Å². The van der Waals surface area contributed by atoms with Gasteiger partial charge in [0.2, 0.25) is 0 Å². The minimum atomic E-state index is -0.864. The third-order valence-corrected chi connectivity index (χ3v) is 2.48. The molecule has 1 aromatic heterocycles. The molecule has 0 aliphatic carbocycles. The predicted octanol–water partition coefficient (Wildman–Crippen LogP) is 1.75. The second-order valence-corrected chi connectivity index (χ2v) is 3.88. The molecule has 0 amide bonds. The molecule has 1 rings (SSSR count). The lowest BCUT2D eigenvalue weighted by atomic mass is 10.3. The van der Waals surface area contributed by atoms with Crippen LogP contribution >= 0.6 is 15.9 Å². The minimum Gasteiger partial charge on any atom is -0.480 e. The fourth-order valence-corrected chi connectivity index (χ4v) is 1.18. The molecule has 1 aromatic rings. The summed E-state index contributed by atoms with van der Waals surface area (Å²) in [7, 11) is 1.70. The van der Waals surface area contributed by atoms with Crippen LogP contribution in [0.5, 0.6) is 0 Å². The Hall–Kier alpha value is -1.10. The molecule has 1 atom stereocenters. The summed E-state index contributed by atoms with van der Waals surface area (Å²) >= 11 is 3.26. The summed E-state index contributed by atoms with van der Waals surface area (Å²) in [6, 6.07) is 3.01. The molecule has 0 radical (unpaired) electrons. The van der Waals surface area contributed by atoms with Crippen LogP contribution in [0.15, 0.2) is 22.8 Å². The first-order chi connectivity index (χ1) is 6.52. The molecular weight excluding hydrogens is 248 g/mol. The Morgan fingerprint density at radius 3 is 2.71 bits per heavy atom. The van der Waals surface area contributed by atoms with Crippen molar-refractivity contribution in [1.29, 1.82) is 0 Å². The number of carboxylic acid groups (broad SMARTS) is 1. The van der Waals surface area contributed by atoms with Crippen molar-refractivity contribution >= 4 is 27.7 Å². The van der Waals surface area contributed by atoms with Gasteiger partial charge in [0.25, 0.3) is 0 Å². The number of hydrogen-bond acceptors (Lipinski definition) is 3. The van der Waals surface area contributed by atoms with Crippen LogP contribution in [0.25, 0.3) is 0 Å². The van der Waals surface area contributed by atoms with Crippen LogP contribution in [0.2, 0.25) is 0 Å². The Balaban J connectivity index is 2.84. The highest BCUT2D eigenvalue weighted by molar-refractivity contribution is 9.10. The van der Waals surface area contributed by atoms with E-state index in [2.05, 4.69) is 20.9 Å². The maximum atomic E-state index is 10.7. The van der Waals surface area contributed by atoms with Crippen LogP contribution in [0.1, 0.15) is 6.92 Å². The van der Waals surface area contributed by atoms with E-state index in [0.29, 0.717) is 5.82 Å². The number of rotatable bonds is 3. The lowest BCUT2D eigenvalue weighted by Crippen LogP contribution is -2.36. The molecule has 0 fully saturated rings. The van der Waals surface area contributed by atoms with Gasteiger partial charge in [-0.1, -0.05) is 0 Å². The highest BCUT2D eigenvalue weighted by atomic mass is 79.9. The third-order valence-electron chi connectivity index (χ3n) is 2.01. The predicted molar refractivity (Wildman–Crippen MR) is 57.4 cm³/mol.